The lowest BCUT2D eigenvalue weighted by Gasteiger charge is -2.14. The summed E-state index contributed by atoms with van der Waals surface area (Å²) in [6, 6.07) is 1.69. The van der Waals surface area contributed by atoms with Crippen molar-refractivity contribution in [2.24, 2.45) is 5.73 Å². The van der Waals surface area contributed by atoms with Gasteiger partial charge in [-0.2, -0.15) is 0 Å². The maximum Gasteiger partial charge on any atom is 0.335 e. The van der Waals surface area contributed by atoms with Gasteiger partial charge in [-0.3, -0.25) is 4.79 Å². The van der Waals surface area contributed by atoms with E-state index in [2.05, 4.69) is 14.8 Å². The van der Waals surface area contributed by atoms with Crippen LogP contribution in [0.5, 0.6) is 0 Å². The van der Waals surface area contributed by atoms with Crippen LogP contribution >= 0.6 is 11.3 Å². The second kappa shape index (κ2) is 7.61. The van der Waals surface area contributed by atoms with E-state index in [0.717, 1.165) is 5.00 Å². The fraction of sp³-hybridized carbons (Fsp3) is 0.417. The molecule has 0 saturated carbocycles. The Bertz CT molecular complexity index is 474. The minimum atomic E-state index is -1.22. The van der Waals surface area contributed by atoms with Gasteiger partial charge < -0.3 is 20.5 Å². The minimum Gasteiger partial charge on any atom is -0.469 e. The van der Waals surface area contributed by atoms with Gasteiger partial charge in [0.2, 0.25) is 0 Å². The number of rotatable bonds is 6. The van der Waals surface area contributed by atoms with Crippen molar-refractivity contribution in [2.75, 3.05) is 12.4 Å². The summed E-state index contributed by atoms with van der Waals surface area (Å²) >= 11 is 1.42. The molecule has 2 atom stereocenters. The minimum absolute atomic E-state index is 0.338. The van der Waals surface area contributed by atoms with E-state index in [0.29, 0.717) is 0 Å². The molecule has 1 heterocycles. The van der Waals surface area contributed by atoms with E-state index in [4.69, 9.17) is 5.73 Å². The highest BCUT2D eigenvalue weighted by atomic mass is 32.1. The lowest BCUT2D eigenvalue weighted by Crippen LogP contribution is -2.39. The van der Waals surface area contributed by atoms with Crippen molar-refractivity contribution in [1.82, 2.24) is 0 Å². The van der Waals surface area contributed by atoms with Crippen LogP contribution in [0.2, 0.25) is 0 Å². The second-order valence-corrected chi connectivity index (χ2v) is 4.92. The number of carbonyl (C=O) groups excluding carboxylic acids is 3. The third kappa shape index (κ3) is 4.98. The topological polar surface area (TPSA) is 108 Å². The molecule has 0 aliphatic rings. The molecule has 1 aromatic heterocycles. The lowest BCUT2D eigenvalue weighted by molar-refractivity contribution is -0.162. The van der Waals surface area contributed by atoms with E-state index >= 15 is 0 Å². The molecule has 0 amide bonds. The monoisotopic (exact) mass is 300 g/mol. The van der Waals surface area contributed by atoms with Crippen LogP contribution in [-0.4, -0.2) is 37.1 Å². The van der Waals surface area contributed by atoms with Gasteiger partial charge >= 0.3 is 17.9 Å². The number of nitrogens with two attached hydrogens (primary N) is 1. The fourth-order valence-corrected chi connectivity index (χ4v) is 1.95. The molecule has 0 spiro atoms. The van der Waals surface area contributed by atoms with Gasteiger partial charge in [0.1, 0.15) is 12.1 Å². The molecule has 0 aromatic carbocycles. The van der Waals surface area contributed by atoms with Crippen molar-refractivity contribution >= 4 is 34.2 Å². The molecule has 1 aromatic rings. The summed E-state index contributed by atoms with van der Waals surface area (Å²) in [5, 5.41) is 5.50. The van der Waals surface area contributed by atoms with Crippen molar-refractivity contribution in [3.63, 3.8) is 0 Å². The molecule has 0 aliphatic carbocycles. The number of carbonyl (C=O) groups is 3. The highest BCUT2D eigenvalue weighted by Gasteiger charge is 2.24. The zero-order chi connectivity index (χ0) is 15.1. The lowest BCUT2D eigenvalue weighted by atomic mass is 10.2. The summed E-state index contributed by atoms with van der Waals surface area (Å²) < 4.78 is 8.97. The van der Waals surface area contributed by atoms with E-state index in [9.17, 15) is 14.4 Å². The predicted molar refractivity (Wildman–Crippen MR) is 73.1 cm³/mol. The Morgan fingerprint density at radius 2 is 2.10 bits per heavy atom. The number of methoxy groups -OCH3 is 1. The molecule has 0 fully saturated rings. The normalized spacial score (nSPS) is 13.2. The largest absolute Gasteiger partial charge is 0.469 e. The first kappa shape index (κ1) is 16.1. The van der Waals surface area contributed by atoms with Crippen molar-refractivity contribution in [1.29, 1.82) is 0 Å². The van der Waals surface area contributed by atoms with Crippen molar-refractivity contribution in [3.8, 4) is 0 Å². The van der Waals surface area contributed by atoms with E-state index in [1.807, 2.05) is 11.4 Å². The summed E-state index contributed by atoms with van der Waals surface area (Å²) in [6.45, 7) is 1.56. The Labute approximate surface area is 120 Å². The number of ether oxygens (including phenoxy) is 2. The molecule has 8 heteroatoms. The molecule has 20 heavy (non-hydrogen) atoms. The van der Waals surface area contributed by atoms with Gasteiger partial charge in [-0.25, -0.2) is 9.59 Å². The number of hydrogen-bond donors (Lipinski definition) is 2. The fourth-order valence-electron chi connectivity index (χ4n) is 1.24. The Kier molecular flexibility index (Phi) is 6.13. The van der Waals surface area contributed by atoms with E-state index in [1.165, 1.54) is 18.4 Å². The van der Waals surface area contributed by atoms with Crippen LogP contribution in [0.4, 0.5) is 5.00 Å². The third-order valence-electron chi connectivity index (χ3n) is 2.35. The van der Waals surface area contributed by atoms with Crippen LogP contribution in [-0.2, 0) is 23.9 Å². The molecule has 7 nitrogen and oxygen atoms in total. The first-order valence-corrected chi connectivity index (χ1v) is 6.70. The second-order valence-electron chi connectivity index (χ2n) is 3.97. The molecule has 3 N–H and O–H groups in total. The van der Waals surface area contributed by atoms with Crippen LogP contribution < -0.4 is 11.1 Å². The molecular formula is C12H16N2O5S. The maximum atomic E-state index is 11.7. The van der Waals surface area contributed by atoms with Gasteiger partial charge in [-0.1, -0.05) is 0 Å². The standard InChI is InChI=1S/C12H16N2O5S/c1-7(14-9-4-3-5-20-9)11(16)19-12(17)8(13)6-10(15)18-2/h3-5,7-8,14H,6,13H2,1-2H3/t7-,8-/m0/s1. The number of thiophene rings is 1. The molecule has 0 aliphatic heterocycles. The smallest absolute Gasteiger partial charge is 0.335 e. The Balaban J connectivity index is 2.44. The number of esters is 3. The first-order valence-electron chi connectivity index (χ1n) is 5.82. The Morgan fingerprint density at radius 1 is 1.40 bits per heavy atom. The van der Waals surface area contributed by atoms with Gasteiger partial charge in [-0.15, -0.1) is 11.3 Å². The third-order valence-corrected chi connectivity index (χ3v) is 3.15. The number of anilines is 1. The summed E-state index contributed by atoms with van der Waals surface area (Å²) in [6.07, 6.45) is -0.338. The van der Waals surface area contributed by atoms with E-state index in [1.54, 1.807) is 13.0 Å². The molecular weight excluding hydrogens is 284 g/mol. The van der Waals surface area contributed by atoms with Crippen molar-refractivity contribution in [2.45, 2.75) is 25.4 Å². The summed E-state index contributed by atoms with van der Waals surface area (Å²) in [5.41, 5.74) is 5.43. The Hall–Kier alpha value is -1.93. The van der Waals surface area contributed by atoms with E-state index < -0.39 is 30.0 Å². The number of nitrogens with one attached hydrogen (secondary N) is 1. The van der Waals surface area contributed by atoms with Crippen molar-refractivity contribution in [3.05, 3.63) is 17.5 Å². The molecule has 0 unspecified atom stereocenters. The van der Waals surface area contributed by atoms with Crippen LogP contribution in [0.1, 0.15) is 13.3 Å². The van der Waals surface area contributed by atoms with Gasteiger partial charge in [0.25, 0.3) is 0 Å². The summed E-state index contributed by atoms with van der Waals surface area (Å²) in [5.74, 6) is -2.37. The zero-order valence-corrected chi connectivity index (χ0v) is 11.9. The van der Waals surface area contributed by atoms with Crippen LogP contribution in [0.25, 0.3) is 0 Å². The molecule has 0 bridgehead atoms. The summed E-state index contributed by atoms with van der Waals surface area (Å²) in [4.78, 5) is 34.1. The van der Waals surface area contributed by atoms with Gasteiger partial charge in [0.15, 0.2) is 0 Å². The molecule has 1 rings (SSSR count). The van der Waals surface area contributed by atoms with Crippen LogP contribution in [0.3, 0.4) is 0 Å². The zero-order valence-electron chi connectivity index (χ0n) is 11.1. The van der Waals surface area contributed by atoms with E-state index in [-0.39, 0.29) is 6.42 Å². The highest BCUT2D eigenvalue weighted by Crippen LogP contribution is 2.16. The quantitative estimate of drug-likeness (QED) is 0.582. The molecule has 0 saturated heterocycles. The van der Waals surface area contributed by atoms with Gasteiger partial charge in [0.05, 0.1) is 18.5 Å². The Morgan fingerprint density at radius 3 is 2.65 bits per heavy atom. The summed E-state index contributed by atoms with van der Waals surface area (Å²) in [7, 11) is 1.18. The molecule has 110 valence electrons. The first-order chi connectivity index (χ1) is 9.43. The van der Waals surface area contributed by atoms with Gasteiger partial charge in [0, 0.05) is 0 Å². The number of hydrogen-bond acceptors (Lipinski definition) is 8. The average Bonchev–Trinajstić information content (AvgIpc) is 2.90. The van der Waals surface area contributed by atoms with Gasteiger partial charge in [-0.05, 0) is 24.4 Å². The predicted octanol–water partition coefficient (Wildman–Crippen LogP) is 0.509. The SMILES string of the molecule is COC(=O)C[C@H](N)C(=O)OC(=O)[C@H](C)Nc1cccs1. The van der Waals surface area contributed by atoms with Crippen molar-refractivity contribution < 1.29 is 23.9 Å². The highest BCUT2D eigenvalue weighted by molar-refractivity contribution is 7.14. The van der Waals surface area contributed by atoms with Crippen LogP contribution in [0.15, 0.2) is 17.5 Å². The molecule has 0 radical (unpaired) electrons. The van der Waals surface area contributed by atoms with Crippen LogP contribution in [0, 0.1) is 0 Å². The maximum absolute atomic E-state index is 11.7. The average molecular weight is 300 g/mol.